The summed E-state index contributed by atoms with van der Waals surface area (Å²) in [5, 5.41) is 17.6. The Balaban J connectivity index is 0.000000276. The van der Waals surface area contributed by atoms with Crippen LogP contribution in [0.25, 0.3) is 0 Å². The van der Waals surface area contributed by atoms with Crippen molar-refractivity contribution in [2.24, 2.45) is 0 Å². The summed E-state index contributed by atoms with van der Waals surface area (Å²) in [5.41, 5.74) is 0. The van der Waals surface area contributed by atoms with Crippen LogP contribution in [-0.4, -0.2) is 45.1 Å². The Morgan fingerprint density at radius 1 is 1.25 bits per heavy atom. The maximum Gasteiger partial charge on any atom is 0.158 e. The molecule has 0 aromatic carbocycles. The van der Waals surface area contributed by atoms with E-state index in [0.717, 1.165) is 15.8 Å². The minimum atomic E-state index is -0.975. The largest absolute Gasteiger partial charge is 0.358 e. The van der Waals surface area contributed by atoms with E-state index in [4.69, 9.17) is 4.74 Å². The van der Waals surface area contributed by atoms with E-state index < -0.39 is 8.07 Å². The van der Waals surface area contributed by atoms with Crippen molar-refractivity contribution in [2.45, 2.75) is 32.4 Å². The standard InChI is InChI=1S/C8H16BrN3OSi.C2H2BrN3/c1-14(2,3)5-4-13-7-12-10-6-8(9)11-12;3-2-1-4-6-5-2/h6H,4-5,7H2,1-3H3;1H,(H,4,5,6). The first-order valence-corrected chi connectivity index (χ1v) is 11.3. The lowest BCUT2D eigenvalue weighted by molar-refractivity contribution is 0.0683. The number of ether oxygens (including phenoxy) is 1. The molecular formula is C10H18Br2N6OSi. The predicted molar refractivity (Wildman–Crippen MR) is 85.9 cm³/mol. The van der Waals surface area contributed by atoms with E-state index in [-0.39, 0.29) is 0 Å². The second kappa shape index (κ2) is 8.65. The quantitative estimate of drug-likeness (QED) is 0.588. The first kappa shape index (κ1) is 17.5. The fourth-order valence-electron chi connectivity index (χ4n) is 1.05. The Morgan fingerprint density at radius 2 is 2.00 bits per heavy atom. The number of nitrogens with one attached hydrogen (secondary N) is 1. The van der Waals surface area contributed by atoms with Gasteiger partial charge in [0.2, 0.25) is 0 Å². The molecule has 0 unspecified atom stereocenters. The Kier molecular flexibility index (Phi) is 7.55. The summed E-state index contributed by atoms with van der Waals surface area (Å²) in [6.07, 6.45) is 3.24. The second-order valence-electron chi connectivity index (χ2n) is 5.18. The number of H-pyrrole nitrogens is 1. The average molecular weight is 426 g/mol. The monoisotopic (exact) mass is 424 g/mol. The van der Waals surface area contributed by atoms with Crippen LogP contribution >= 0.6 is 31.9 Å². The molecule has 2 aromatic rings. The van der Waals surface area contributed by atoms with E-state index in [1.54, 1.807) is 12.4 Å². The summed E-state index contributed by atoms with van der Waals surface area (Å²) >= 11 is 6.31. The van der Waals surface area contributed by atoms with Crippen LogP contribution in [0, 0.1) is 0 Å². The first-order chi connectivity index (χ1) is 9.37. The molecule has 0 saturated carbocycles. The summed E-state index contributed by atoms with van der Waals surface area (Å²) in [6.45, 7) is 8.24. The van der Waals surface area contributed by atoms with Crippen molar-refractivity contribution in [2.75, 3.05) is 6.61 Å². The van der Waals surface area contributed by atoms with Gasteiger partial charge in [-0.05, 0) is 37.9 Å². The van der Waals surface area contributed by atoms with Gasteiger partial charge in [-0.15, -0.1) is 10.2 Å². The normalized spacial score (nSPS) is 11.1. The number of halogens is 2. The van der Waals surface area contributed by atoms with Gasteiger partial charge in [0.25, 0.3) is 0 Å². The minimum absolute atomic E-state index is 0.441. The molecule has 0 aliphatic heterocycles. The number of aromatic amines is 1. The Labute approximate surface area is 135 Å². The van der Waals surface area contributed by atoms with E-state index in [1.807, 2.05) is 0 Å². The van der Waals surface area contributed by atoms with Crippen LogP contribution < -0.4 is 0 Å². The highest BCUT2D eigenvalue weighted by atomic mass is 79.9. The number of nitrogens with zero attached hydrogens (tertiary/aromatic N) is 5. The highest BCUT2D eigenvalue weighted by Crippen LogP contribution is 2.07. The molecule has 0 spiro atoms. The summed E-state index contributed by atoms with van der Waals surface area (Å²) in [6, 6.07) is 1.18. The van der Waals surface area contributed by atoms with Gasteiger partial charge >= 0.3 is 0 Å². The summed E-state index contributed by atoms with van der Waals surface area (Å²) < 4.78 is 6.94. The zero-order valence-electron chi connectivity index (χ0n) is 11.7. The molecule has 0 atom stereocenters. The average Bonchev–Trinajstić information content (AvgIpc) is 2.96. The second-order valence-corrected chi connectivity index (χ2v) is 12.4. The van der Waals surface area contributed by atoms with E-state index in [0.29, 0.717) is 6.73 Å². The molecule has 2 aromatic heterocycles. The van der Waals surface area contributed by atoms with Crippen LogP contribution in [0.5, 0.6) is 0 Å². The number of hydrogen-bond donors (Lipinski definition) is 1. The van der Waals surface area contributed by atoms with E-state index in [1.165, 1.54) is 10.8 Å². The first-order valence-electron chi connectivity index (χ1n) is 6.01. The summed E-state index contributed by atoms with van der Waals surface area (Å²) in [7, 11) is -0.975. The third-order valence-electron chi connectivity index (χ3n) is 2.10. The van der Waals surface area contributed by atoms with Crippen LogP contribution in [0.2, 0.25) is 25.7 Å². The van der Waals surface area contributed by atoms with Gasteiger partial charge in [-0.3, -0.25) is 0 Å². The van der Waals surface area contributed by atoms with Crippen molar-refractivity contribution in [1.82, 2.24) is 30.4 Å². The molecule has 0 aliphatic rings. The Morgan fingerprint density at radius 3 is 2.40 bits per heavy atom. The van der Waals surface area contributed by atoms with E-state index in [9.17, 15) is 0 Å². The van der Waals surface area contributed by atoms with Crippen LogP contribution in [-0.2, 0) is 11.5 Å². The van der Waals surface area contributed by atoms with Crippen molar-refractivity contribution >= 4 is 39.9 Å². The highest BCUT2D eigenvalue weighted by Gasteiger charge is 2.11. The lowest BCUT2D eigenvalue weighted by Crippen LogP contribution is -2.22. The fourth-order valence-corrected chi connectivity index (χ4v) is 2.26. The number of aromatic nitrogens is 6. The van der Waals surface area contributed by atoms with Crippen molar-refractivity contribution in [1.29, 1.82) is 0 Å². The lowest BCUT2D eigenvalue weighted by Gasteiger charge is -2.14. The van der Waals surface area contributed by atoms with Gasteiger partial charge in [0.05, 0.1) is 12.4 Å². The van der Waals surface area contributed by atoms with Crippen molar-refractivity contribution < 1.29 is 4.74 Å². The van der Waals surface area contributed by atoms with Crippen molar-refractivity contribution in [3.63, 3.8) is 0 Å². The molecule has 0 bridgehead atoms. The zero-order valence-corrected chi connectivity index (χ0v) is 15.8. The SMILES string of the molecule is Brc1cn[nH]n1.C[Si](C)(C)CCOCn1ncc(Br)n1. The number of hydrogen-bond acceptors (Lipinski definition) is 5. The molecular weight excluding hydrogens is 408 g/mol. The van der Waals surface area contributed by atoms with Crippen molar-refractivity contribution in [3.8, 4) is 0 Å². The van der Waals surface area contributed by atoms with E-state index in [2.05, 4.69) is 77.1 Å². The molecule has 0 amide bonds. The molecule has 112 valence electrons. The maximum absolute atomic E-state index is 5.46. The smallest absolute Gasteiger partial charge is 0.158 e. The predicted octanol–water partition coefficient (Wildman–Crippen LogP) is 2.92. The third kappa shape index (κ3) is 8.56. The molecule has 2 heterocycles. The molecule has 7 nitrogen and oxygen atoms in total. The molecule has 1 N–H and O–H groups in total. The van der Waals surface area contributed by atoms with Gasteiger partial charge in [-0.25, -0.2) is 0 Å². The highest BCUT2D eigenvalue weighted by molar-refractivity contribution is 9.10. The van der Waals surface area contributed by atoms with Crippen molar-refractivity contribution in [3.05, 3.63) is 21.6 Å². The molecule has 0 saturated heterocycles. The molecule has 20 heavy (non-hydrogen) atoms. The van der Waals surface area contributed by atoms with Gasteiger partial charge in [0.1, 0.15) is 9.21 Å². The van der Waals surface area contributed by atoms with Gasteiger partial charge in [0, 0.05) is 14.7 Å². The molecule has 0 aliphatic carbocycles. The molecule has 2 rings (SSSR count). The molecule has 10 heteroatoms. The Bertz CT molecular complexity index is 484. The maximum atomic E-state index is 5.46. The van der Waals surface area contributed by atoms with Gasteiger partial charge in [-0.2, -0.15) is 20.2 Å². The number of rotatable bonds is 5. The lowest BCUT2D eigenvalue weighted by atomic mass is 10.8. The van der Waals surface area contributed by atoms with Gasteiger partial charge < -0.3 is 4.74 Å². The zero-order chi connectivity index (χ0) is 15.0. The third-order valence-corrected chi connectivity index (χ3v) is 4.55. The van der Waals surface area contributed by atoms with Gasteiger partial charge in [0.15, 0.2) is 6.73 Å². The molecule has 0 radical (unpaired) electrons. The van der Waals surface area contributed by atoms with E-state index >= 15 is 0 Å². The summed E-state index contributed by atoms with van der Waals surface area (Å²) in [4.78, 5) is 1.54. The minimum Gasteiger partial charge on any atom is -0.358 e. The van der Waals surface area contributed by atoms with Gasteiger partial charge in [-0.1, -0.05) is 19.6 Å². The summed E-state index contributed by atoms with van der Waals surface area (Å²) in [5.74, 6) is 0. The van der Waals surface area contributed by atoms with Crippen LogP contribution in [0.4, 0.5) is 0 Å². The van der Waals surface area contributed by atoms with Crippen LogP contribution in [0.3, 0.4) is 0 Å². The Hall–Kier alpha value is -0.583. The van der Waals surface area contributed by atoms with Crippen LogP contribution in [0.1, 0.15) is 0 Å². The van der Waals surface area contributed by atoms with Crippen LogP contribution in [0.15, 0.2) is 21.6 Å². The molecule has 0 fully saturated rings. The topological polar surface area (TPSA) is 81.5 Å². The fraction of sp³-hybridized carbons (Fsp3) is 0.600.